The van der Waals surface area contributed by atoms with Crippen LogP contribution in [0, 0.1) is 0 Å². The van der Waals surface area contributed by atoms with E-state index in [9.17, 15) is 9.59 Å². The maximum absolute atomic E-state index is 12.1. The fraction of sp³-hybridized carbons (Fsp3) is 0.500. The van der Waals surface area contributed by atoms with E-state index in [1.54, 1.807) is 23.8 Å². The number of amides is 2. The predicted octanol–water partition coefficient (Wildman–Crippen LogP) is 1.20. The van der Waals surface area contributed by atoms with Gasteiger partial charge in [-0.1, -0.05) is 30.3 Å². The first-order valence-electron chi connectivity index (χ1n) is 7.47. The summed E-state index contributed by atoms with van der Waals surface area (Å²) in [6.45, 7) is 3.01. The highest BCUT2D eigenvalue weighted by molar-refractivity contribution is 5.81. The molecule has 0 aliphatic carbocycles. The third-order valence-corrected chi connectivity index (χ3v) is 3.91. The van der Waals surface area contributed by atoms with Crippen molar-refractivity contribution in [2.45, 2.75) is 32.0 Å². The van der Waals surface area contributed by atoms with Crippen molar-refractivity contribution in [1.82, 2.24) is 9.80 Å². The molecule has 1 aliphatic heterocycles. The Balaban J connectivity index is 1.82. The van der Waals surface area contributed by atoms with Crippen LogP contribution in [0.2, 0.25) is 0 Å². The minimum absolute atomic E-state index is 0.00257. The van der Waals surface area contributed by atoms with E-state index in [-0.39, 0.29) is 24.6 Å². The summed E-state index contributed by atoms with van der Waals surface area (Å²) < 4.78 is 5.31. The number of rotatable bonds is 4. The van der Waals surface area contributed by atoms with Crippen LogP contribution < -0.4 is 5.73 Å². The monoisotopic (exact) mass is 305 g/mol. The number of benzene rings is 1. The molecule has 0 bridgehead atoms. The van der Waals surface area contributed by atoms with E-state index in [1.165, 1.54) is 0 Å². The van der Waals surface area contributed by atoms with Gasteiger partial charge < -0.3 is 20.3 Å². The number of likely N-dealkylation sites (N-methyl/N-ethyl adjacent to an activating group) is 1. The van der Waals surface area contributed by atoms with Gasteiger partial charge in [-0.25, -0.2) is 4.79 Å². The Morgan fingerprint density at radius 1 is 1.41 bits per heavy atom. The molecule has 2 amide bonds. The van der Waals surface area contributed by atoms with Gasteiger partial charge in [-0.2, -0.15) is 0 Å². The van der Waals surface area contributed by atoms with Crippen molar-refractivity contribution >= 4 is 12.0 Å². The van der Waals surface area contributed by atoms with E-state index >= 15 is 0 Å². The molecule has 2 N–H and O–H groups in total. The number of carbonyl (C=O) groups excluding carboxylic acids is 2. The molecule has 1 aromatic rings. The maximum atomic E-state index is 12.1. The van der Waals surface area contributed by atoms with Crippen LogP contribution >= 0.6 is 0 Å². The zero-order valence-electron chi connectivity index (χ0n) is 13.1. The molecular weight excluding hydrogens is 282 g/mol. The lowest BCUT2D eigenvalue weighted by atomic mass is 10.2. The standard InChI is InChI=1S/C16H23N3O3/c1-12(17)15(20)18(2)14-8-9-19(10-14)16(21)22-11-13-6-4-3-5-7-13/h3-7,12,14H,8-11,17H2,1-2H3/t12-,14-/m0/s1. The van der Waals surface area contributed by atoms with Crippen LogP contribution in [0.15, 0.2) is 30.3 Å². The first-order valence-corrected chi connectivity index (χ1v) is 7.47. The van der Waals surface area contributed by atoms with Crippen molar-refractivity contribution in [2.24, 2.45) is 5.73 Å². The first-order chi connectivity index (χ1) is 10.5. The summed E-state index contributed by atoms with van der Waals surface area (Å²) >= 11 is 0. The summed E-state index contributed by atoms with van der Waals surface area (Å²) in [7, 11) is 1.73. The highest BCUT2D eigenvalue weighted by Gasteiger charge is 2.32. The molecule has 6 heteroatoms. The van der Waals surface area contributed by atoms with E-state index in [0.29, 0.717) is 13.1 Å². The molecule has 1 fully saturated rings. The Morgan fingerprint density at radius 2 is 2.09 bits per heavy atom. The Kier molecular flexibility index (Phi) is 5.38. The van der Waals surface area contributed by atoms with E-state index in [0.717, 1.165) is 12.0 Å². The van der Waals surface area contributed by atoms with Crippen molar-refractivity contribution in [3.05, 3.63) is 35.9 Å². The SMILES string of the molecule is C[C@H](N)C(=O)N(C)[C@H]1CCN(C(=O)OCc2ccccc2)C1. The minimum atomic E-state index is -0.524. The number of likely N-dealkylation sites (tertiary alicyclic amines) is 1. The molecule has 1 saturated heterocycles. The van der Waals surface area contributed by atoms with Crippen LogP contribution in [0.4, 0.5) is 4.79 Å². The summed E-state index contributed by atoms with van der Waals surface area (Å²) in [5.74, 6) is -0.107. The molecule has 22 heavy (non-hydrogen) atoms. The number of hydrogen-bond acceptors (Lipinski definition) is 4. The molecule has 6 nitrogen and oxygen atoms in total. The fourth-order valence-corrected chi connectivity index (χ4v) is 2.54. The highest BCUT2D eigenvalue weighted by Crippen LogP contribution is 2.16. The van der Waals surface area contributed by atoms with Crippen molar-refractivity contribution < 1.29 is 14.3 Å². The van der Waals surface area contributed by atoms with Gasteiger partial charge in [0.1, 0.15) is 6.61 Å². The normalized spacial score (nSPS) is 18.9. The number of nitrogens with two attached hydrogens (primary N) is 1. The molecule has 1 aliphatic rings. The maximum Gasteiger partial charge on any atom is 0.410 e. The Bertz CT molecular complexity index is 519. The van der Waals surface area contributed by atoms with Crippen molar-refractivity contribution in [2.75, 3.05) is 20.1 Å². The second kappa shape index (κ2) is 7.26. The summed E-state index contributed by atoms with van der Waals surface area (Å²) in [4.78, 5) is 27.2. The van der Waals surface area contributed by atoms with E-state index in [2.05, 4.69) is 0 Å². The number of hydrogen-bond donors (Lipinski definition) is 1. The van der Waals surface area contributed by atoms with Gasteiger partial charge in [-0.05, 0) is 18.9 Å². The van der Waals surface area contributed by atoms with E-state index < -0.39 is 6.04 Å². The lowest BCUT2D eigenvalue weighted by Gasteiger charge is -2.26. The third kappa shape index (κ3) is 3.98. The van der Waals surface area contributed by atoms with Gasteiger partial charge in [0, 0.05) is 20.1 Å². The van der Waals surface area contributed by atoms with E-state index in [1.807, 2.05) is 30.3 Å². The number of ether oxygens (including phenoxy) is 1. The third-order valence-electron chi connectivity index (χ3n) is 3.91. The fourth-order valence-electron chi connectivity index (χ4n) is 2.54. The largest absolute Gasteiger partial charge is 0.445 e. The second-order valence-electron chi connectivity index (χ2n) is 5.67. The van der Waals surface area contributed by atoms with Crippen molar-refractivity contribution in [3.63, 3.8) is 0 Å². The summed E-state index contributed by atoms with van der Waals surface area (Å²) in [5, 5.41) is 0. The quantitative estimate of drug-likeness (QED) is 0.907. The van der Waals surface area contributed by atoms with Gasteiger partial charge in [0.2, 0.25) is 5.91 Å². The molecule has 1 heterocycles. The topological polar surface area (TPSA) is 75.9 Å². The van der Waals surface area contributed by atoms with Gasteiger partial charge >= 0.3 is 6.09 Å². The second-order valence-corrected chi connectivity index (χ2v) is 5.67. The molecule has 2 rings (SSSR count). The average molecular weight is 305 g/mol. The zero-order chi connectivity index (χ0) is 16.1. The lowest BCUT2D eigenvalue weighted by molar-refractivity contribution is -0.132. The molecule has 0 saturated carbocycles. The van der Waals surface area contributed by atoms with Gasteiger partial charge in [-0.3, -0.25) is 4.79 Å². The van der Waals surface area contributed by atoms with Crippen LogP contribution in [0.1, 0.15) is 18.9 Å². The Labute approximate surface area is 130 Å². The summed E-state index contributed by atoms with van der Waals surface area (Å²) in [6.07, 6.45) is 0.406. The molecule has 0 unspecified atom stereocenters. The van der Waals surface area contributed by atoms with Crippen LogP contribution in [-0.2, 0) is 16.1 Å². The van der Waals surface area contributed by atoms with E-state index in [4.69, 9.17) is 10.5 Å². The van der Waals surface area contributed by atoms with Gasteiger partial charge in [0.05, 0.1) is 12.1 Å². The average Bonchev–Trinajstić information content (AvgIpc) is 3.02. The van der Waals surface area contributed by atoms with Gasteiger partial charge in [0.25, 0.3) is 0 Å². The molecule has 1 aromatic carbocycles. The summed E-state index contributed by atoms with van der Waals surface area (Å²) in [6, 6.07) is 9.03. The molecule has 0 aromatic heterocycles. The highest BCUT2D eigenvalue weighted by atomic mass is 16.6. The molecule has 0 spiro atoms. The summed E-state index contributed by atoms with van der Waals surface area (Å²) in [5.41, 5.74) is 6.57. The Morgan fingerprint density at radius 3 is 2.73 bits per heavy atom. The van der Waals surface area contributed by atoms with Gasteiger partial charge in [-0.15, -0.1) is 0 Å². The van der Waals surface area contributed by atoms with Crippen LogP contribution in [0.5, 0.6) is 0 Å². The van der Waals surface area contributed by atoms with Crippen molar-refractivity contribution in [3.8, 4) is 0 Å². The first kappa shape index (κ1) is 16.3. The number of nitrogens with zero attached hydrogens (tertiary/aromatic N) is 2. The Hall–Kier alpha value is -2.08. The van der Waals surface area contributed by atoms with Crippen LogP contribution in [0.25, 0.3) is 0 Å². The number of carbonyl (C=O) groups is 2. The molecule has 2 atom stereocenters. The molecular formula is C16H23N3O3. The molecule has 120 valence electrons. The van der Waals surface area contributed by atoms with Gasteiger partial charge in [0.15, 0.2) is 0 Å². The van der Waals surface area contributed by atoms with Crippen molar-refractivity contribution in [1.29, 1.82) is 0 Å². The zero-order valence-corrected chi connectivity index (χ0v) is 13.1. The van der Waals surface area contributed by atoms with Crippen LogP contribution in [0.3, 0.4) is 0 Å². The smallest absolute Gasteiger partial charge is 0.410 e. The minimum Gasteiger partial charge on any atom is -0.445 e. The molecule has 0 radical (unpaired) electrons. The lowest BCUT2D eigenvalue weighted by Crippen LogP contribution is -2.46. The van der Waals surface area contributed by atoms with Crippen LogP contribution in [-0.4, -0.2) is 54.0 Å². The predicted molar refractivity (Wildman–Crippen MR) is 83.0 cm³/mol.